The van der Waals surface area contributed by atoms with Crippen molar-refractivity contribution < 1.29 is 19.8 Å². The Morgan fingerprint density at radius 3 is 2.50 bits per heavy atom. The van der Waals surface area contributed by atoms with Crippen molar-refractivity contribution in [1.82, 2.24) is 9.80 Å². The normalized spacial score (nSPS) is 28.5. The smallest absolute Gasteiger partial charge is 0.320 e. The fourth-order valence-electron chi connectivity index (χ4n) is 3.21. The summed E-state index contributed by atoms with van der Waals surface area (Å²) in [6, 6.07) is 0.00300. The molecular weight excluding hydrogens is 260 g/mol. The predicted octanol–water partition coefficient (Wildman–Crippen LogP) is 0.996. The molecule has 2 heterocycles. The molecular formula is C14H24N2O4. The lowest BCUT2D eigenvalue weighted by Crippen LogP contribution is -2.47. The van der Waals surface area contributed by atoms with Crippen LogP contribution in [0.3, 0.4) is 0 Å². The summed E-state index contributed by atoms with van der Waals surface area (Å²) in [4.78, 5) is 26.8. The highest BCUT2D eigenvalue weighted by atomic mass is 16.4. The first kappa shape index (κ1) is 15.1. The largest absolute Gasteiger partial charge is 0.481 e. The number of carbonyl (C=O) groups excluding carboxylic acids is 1. The minimum atomic E-state index is -0.792. The molecule has 2 aliphatic heterocycles. The number of nitrogens with zero attached hydrogens (tertiary/aromatic N) is 2. The topological polar surface area (TPSA) is 81.1 Å². The first-order chi connectivity index (χ1) is 9.47. The van der Waals surface area contributed by atoms with Gasteiger partial charge in [-0.25, -0.2) is 4.79 Å². The van der Waals surface area contributed by atoms with Crippen LogP contribution in [0.2, 0.25) is 0 Å². The van der Waals surface area contributed by atoms with E-state index in [1.807, 2.05) is 0 Å². The van der Waals surface area contributed by atoms with Crippen LogP contribution in [0, 0.1) is 11.8 Å². The second kappa shape index (κ2) is 6.43. The Bertz CT molecular complexity index is 372. The zero-order valence-corrected chi connectivity index (χ0v) is 12.0. The highest BCUT2D eigenvalue weighted by Crippen LogP contribution is 2.24. The molecule has 3 unspecified atom stereocenters. The lowest BCUT2D eigenvalue weighted by molar-refractivity contribution is -0.138. The van der Waals surface area contributed by atoms with Gasteiger partial charge >= 0.3 is 12.0 Å². The van der Waals surface area contributed by atoms with Crippen molar-refractivity contribution in [2.24, 2.45) is 11.8 Å². The molecule has 0 aromatic carbocycles. The number of urea groups is 1. The van der Waals surface area contributed by atoms with E-state index in [1.165, 1.54) is 0 Å². The zero-order valence-electron chi connectivity index (χ0n) is 12.0. The number of hydrogen-bond acceptors (Lipinski definition) is 3. The molecule has 0 saturated carbocycles. The van der Waals surface area contributed by atoms with Gasteiger partial charge in [-0.3, -0.25) is 4.79 Å². The van der Waals surface area contributed by atoms with E-state index < -0.39 is 5.97 Å². The van der Waals surface area contributed by atoms with Crippen LogP contribution in [0.4, 0.5) is 4.79 Å². The van der Waals surface area contributed by atoms with Gasteiger partial charge in [-0.1, -0.05) is 0 Å². The number of hydrogen-bond donors (Lipinski definition) is 2. The van der Waals surface area contributed by atoms with Crippen molar-refractivity contribution >= 4 is 12.0 Å². The molecule has 2 rings (SSSR count). The van der Waals surface area contributed by atoms with Gasteiger partial charge in [0.25, 0.3) is 0 Å². The van der Waals surface area contributed by atoms with Gasteiger partial charge in [-0.05, 0) is 32.1 Å². The summed E-state index contributed by atoms with van der Waals surface area (Å²) in [7, 11) is 0. The van der Waals surface area contributed by atoms with Crippen LogP contribution in [0.15, 0.2) is 0 Å². The maximum absolute atomic E-state index is 12.4. The molecule has 0 aromatic heterocycles. The summed E-state index contributed by atoms with van der Waals surface area (Å²) in [6.07, 6.45) is 2.36. The average molecular weight is 284 g/mol. The van der Waals surface area contributed by atoms with Crippen LogP contribution in [0.1, 0.15) is 32.6 Å². The Hall–Kier alpha value is -1.30. The van der Waals surface area contributed by atoms with E-state index in [-0.39, 0.29) is 30.4 Å². The van der Waals surface area contributed by atoms with E-state index in [4.69, 9.17) is 5.11 Å². The van der Waals surface area contributed by atoms with Gasteiger partial charge in [-0.2, -0.15) is 0 Å². The van der Waals surface area contributed by atoms with E-state index in [2.05, 4.69) is 0 Å². The van der Waals surface area contributed by atoms with Gasteiger partial charge in [0.1, 0.15) is 0 Å². The number of aliphatic hydroxyl groups is 1. The monoisotopic (exact) mass is 284 g/mol. The lowest BCUT2D eigenvalue weighted by Gasteiger charge is -2.35. The Kier molecular flexibility index (Phi) is 4.86. The molecule has 0 bridgehead atoms. The van der Waals surface area contributed by atoms with E-state index in [0.717, 1.165) is 19.3 Å². The molecule has 2 amide bonds. The highest BCUT2D eigenvalue weighted by Gasteiger charge is 2.33. The summed E-state index contributed by atoms with van der Waals surface area (Å²) < 4.78 is 0. The van der Waals surface area contributed by atoms with Crippen LogP contribution in [0.25, 0.3) is 0 Å². The number of carbonyl (C=O) groups is 2. The molecule has 0 aliphatic carbocycles. The number of aliphatic hydroxyl groups excluding tert-OH is 1. The molecule has 0 aromatic rings. The first-order valence-electron chi connectivity index (χ1n) is 7.41. The van der Waals surface area contributed by atoms with Crippen LogP contribution in [-0.4, -0.2) is 64.3 Å². The number of piperidine rings is 1. The van der Waals surface area contributed by atoms with Crippen LogP contribution >= 0.6 is 0 Å². The van der Waals surface area contributed by atoms with Gasteiger partial charge in [0, 0.05) is 38.5 Å². The summed E-state index contributed by atoms with van der Waals surface area (Å²) in [6.45, 7) is 4.32. The fraction of sp³-hybridized carbons (Fsp3) is 0.857. The molecule has 2 saturated heterocycles. The van der Waals surface area contributed by atoms with Crippen molar-refractivity contribution in [3.8, 4) is 0 Å². The van der Waals surface area contributed by atoms with Crippen LogP contribution in [0.5, 0.6) is 0 Å². The Morgan fingerprint density at radius 2 is 1.90 bits per heavy atom. The van der Waals surface area contributed by atoms with Crippen molar-refractivity contribution in [3.05, 3.63) is 0 Å². The SMILES string of the molecule is CC(O)C1CCN(C(=O)N2CCCC(CC(=O)O)C2)C1. The second-order valence-corrected chi connectivity index (χ2v) is 6.07. The van der Waals surface area contributed by atoms with E-state index in [1.54, 1.807) is 16.7 Å². The number of carboxylic acids is 1. The fourth-order valence-corrected chi connectivity index (χ4v) is 3.21. The quantitative estimate of drug-likeness (QED) is 0.810. The third kappa shape index (κ3) is 3.62. The van der Waals surface area contributed by atoms with Crippen molar-refractivity contribution in [2.75, 3.05) is 26.2 Å². The molecule has 6 nitrogen and oxygen atoms in total. The van der Waals surface area contributed by atoms with Crippen molar-refractivity contribution in [1.29, 1.82) is 0 Å². The van der Waals surface area contributed by atoms with Gasteiger partial charge in [0.2, 0.25) is 0 Å². The predicted molar refractivity (Wildman–Crippen MR) is 73.3 cm³/mol. The minimum absolute atomic E-state index is 0.00300. The van der Waals surface area contributed by atoms with Gasteiger partial charge in [0.05, 0.1) is 6.10 Å². The summed E-state index contributed by atoms with van der Waals surface area (Å²) in [5, 5.41) is 18.4. The Morgan fingerprint density at radius 1 is 1.20 bits per heavy atom. The second-order valence-electron chi connectivity index (χ2n) is 6.07. The molecule has 2 aliphatic rings. The van der Waals surface area contributed by atoms with E-state index in [9.17, 15) is 14.7 Å². The third-order valence-electron chi connectivity index (χ3n) is 4.43. The molecule has 114 valence electrons. The molecule has 6 heteroatoms. The van der Waals surface area contributed by atoms with Gasteiger partial charge < -0.3 is 20.0 Å². The standard InChI is InChI=1S/C14H24N2O4/c1-10(17)12-4-6-16(9-12)14(20)15-5-2-3-11(8-15)7-13(18)19/h10-12,17H,2-9H2,1H3,(H,18,19). The molecule has 0 radical (unpaired) electrons. The average Bonchev–Trinajstić information content (AvgIpc) is 2.87. The minimum Gasteiger partial charge on any atom is -0.481 e. The molecule has 3 atom stereocenters. The third-order valence-corrected chi connectivity index (χ3v) is 4.43. The van der Waals surface area contributed by atoms with Gasteiger partial charge in [-0.15, -0.1) is 0 Å². The molecule has 2 fully saturated rings. The van der Waals surface area contributed by atoms with Gasteiger partial charge in [0.15, 0.2) is 0 Å². The zero-order chi connectivity index (χ0) is 14.7. The summed E-state index contributed by atoms with van der Waals surface area (Å²) >= 11 is 0. The summed E-state index contributed by atoms with van der Waals surface area (Å²) in [5.41, 5.74) is 0. The number of rotatable bonds is 3. The Balaban J connectivity index is 1.87. The van der Waals surface area contributed by atoms with Crippen LogP contribution in [-0.2, 0) is 4.79 Å². The number of aliphatic carboxylic acids is 1. The van der Waals surface area contributed by atoms with E-state index >= 15 is 0 Å². The maximum atomic E-state index is 12.4. The summed E-state index contributed by atoms with van der Waals surface area (Å²) in [5.74, 6) is -0.557. The number of likely N-dealkylation sites (tertiary alicyclic amines) is 2. The highest BCUT2D eigenvalue weighted by molar-refractivity contribution is 5.75. The number of carboxylic acid groups (broad SMARTS) is 1. The first-order valence-corrected chi connectivity index (χ1v) is 7.41. The maximum Gasteiger partial charge on any atom is 0.320 e. The molecule has 20 heavy (non-hydrogen) atoms. The van der Waals surface area contributed by atoms with Crippen molar-refractivity contribution in [3.63, 3.8) is 0 Å². The lowest BCUT2D eigenvalue weighted by atomic mass is 9.95. The molecule has 0 spiro atoms. The Labute approximate surface area is 119 Å². The van der Waals surface area contributed by atoms with E-state index in [0.29, 0.717) is 26.2 Å². The molecule has 2 N–H and O–H groups in total. The van der Waals surface area contributed by atoms with Crippen molar-refractivity contribution in [2.45, 2.75) is 38.7 Å². The van der Waals surface area contributed by atoms with Crippen LogP contribution < -0.4 is 0 Å². The number of amides is 2.